The van der Waals surface area contributed by atoms with Gasteiger partial charge >= 0.3 is 0 Å². The third-order valence-electron chi connectivity index (χ3n) is 3.93. The van der Waals surface area contributed by atoms with E-state index in [9.17, 15) is 4.79 Å². The summed E-state index contributed by atoms with van der Waals surface area (Å²) >= 11 is 0. The first-order valence-corrected chi connectivity index (χ1v) is 7.65. The van der Waals surface area contributed by atoms with E-state index in [0.29, 0.717) is 17.8 Å². The van der Waals surface area contributed by atoms with Gasteiger partial charge < -0.3 is 16.0 Å². The smallest absolute Gasteiger partial charge is 0.255 e. The molecule has 3 N–H and O–H groups in total. The molecule has 7 heteroatoms. The zero-order chi connectivity index (χ0) is 16.2. The molecule has 0 radical (unpaired) electrons. The van der Waals surface area contributed by atoms with Gasteiger partial charge in [0.05, 0.1) is 23.5 Å². The Kier molecular flexibility index (Phi) is 4.47. The van der Waals surface area contributed by atoms with Crippen molar-refractivity contribution >= 4 is 11.7 Å². The van der Waals surface area contributed by atoms with Crippen molar-refractivity contribution in [3.8, 4) is 0 Å². The molecule has 2 aromatic rings. The zero-order valence-corrected chi connectivity index (χ0v) is 13.1. The zero-order valence-electron chi connectivity index (χ0n) is 13.1. The van der Waals surface area contributed by atoms with Gasteiger partial charge in [-0.2, -0.15) is 0 Å². The predicted octanol–water partition coefficient (Wildman–Crippen LogP) is 0.647. The van der Waals surface area contributed by atoms with E-state index in [1.165, 1.54) is 12.5 Å². The summed E-state index contributed by atoms with van der Waals surface area (Å²) in [7, 11) is 0. The van der Waals surface area contributed by atoms with Gasteiger partial charge in [-0.05, 0) is 25.5 Å². The van der Waals surface area contributed by atoms with Gasteiger partial charge in [0.1, 0.15) is 12.1 Å². The van der Waals surface area contributed by atoms with E-state index < -0.39 is 0 Å². The van der Waals surface area contributed by atoms with Crippen molar-refractivity contribution < 1.29 is 4.79 Å². The van der Waals surface area contributed by atoms with Crippen molar-refractivity contribution in [1.29, 1.82) is 0 Å². The molecule has 3 rings (SSSR count). The first-order chi connectivity index (χ1) is 11.1. The van der Waals surface area contributed by atoms with Crippen molar-refractivity contribution in [3.05, 3.63) is 47.7 Å². The van der Waals surface area contributed by atoms with Crippen LogP contribution in [0.25, 0.3) is 0 Å². The van der Waals surface area contributed by atoms with Crippen molar-refractivity contribution in [1.82, 2.24) is 20.3 Å². The topological polar surface area (TPSA) is 97.0 Å². The average molecular weight is 312 g/mol. The number of hydrogen-bond acceptors (Lipinski definition) is 6. The van der Waals surface area contributed by atoms with Crippen LogP contribution in [0.1, 0.15) is 28.2 Å². The number of nitrogens with two attached hydrogens (primary N) is 1. The van der Waals surface area contributed by atoms with Gasteiger partial charge in [-0.1, -0.05) is 6.07 Å². The van der Waals surface area contributed by atoms with E-state index in [1.54, 1.807) is 6.92 Å². The summed E-state index contributed by atoms with van der Waals surface area (Å²) in [6, 6.07) is 6.03. The van der Waals surface area contributed by atoms with E-state index in [1.807, 2.05) is 18.2 Å². The molecule has 0 aliphatic carbocycles. The molecule has 0 saturated carbocycles. The van der Waals surface area contributed by atoms with E-state index in [-0.39, 0.29) is 11.9 Å². The van der Waals surface area contributed by atoms with Crippen molar-refractivity contribution in [3.63, 3.8) is 0 Å². The van der Waals surface area contributed by atoms with Crippen molar-refractivity contribution in [2.75, 3.05) is 18.0 Å². The van der Waals surface area contributed by atoms with Crippen molar-refractivity contribution in [2.45, 2.75) is 25.9 Å². The number of hydrogen-bond donors (Lipinski definition) is 2. The van der Waals surface area contributed by atoms with E-state index in [2.05, 4.69) is 25.2 Å². The van der Waals surface area contributed by atoms with Crippen LogP contribution in [0.3, 0.4) is 0 Å². The maximum absolute atomic E-state index is 12.2. The fourth-order valence-electron chi connectivity index (χ4n) is 2.62. The number of pyridine rings is 1. The lowest BCUT2D eigenvalue weighted by Crippen LogP contribution is -2.28. The summed E-state index contributed by atoms with van der Waals surface area (Å²) in [5.41, 5.74) is 7.89. The highest BCUT2D eigenvalue weighted by Crippen LogP contribution is 2.17. The number of nitrogens with one attached hydrogen (secondary N) is 1. The third-order valence-corrected chi connectivity index (χ3v) is 3.93. The maximum Gasteiger partial charge on any atom is 0.255 e. The van der Waals surface area contributed by atoms with E-state index in [4.69, 9.17) is 5.73 Å². The monoisotopic (exact) mass is 312 g/mol. The maximum atomic E-state index is 12.2. The molecule has 1 saturated heterocycles. The highest BCUT2D eigenvalue weighted by Gasteiger charge is 2.20. The number of rotatable bonds is 4. The highest BCUT2D eigenvalue weighted by molar-refractivity contribution is 5.94. The Morgan fingerprint density at radius 2 is 2.35 bits per heavy atom. The summed E-state index contributed by atoms with van der Waals surface area (Å²) in [4.78, 5) is 26.9. The minimum atomic E-state index is -0.196. The molecule has 1 aliphatic rings. The van der Waals surface area contributed by atoms with Crippen LogP contribution >= 0.6 is 0 Å². The number of amides is 1. The lowest BCUT2D eigenvalue weighted by atomic mass is 10.2. The lowest BCUT2D eigenvalue weighted by Gasteiger charge is -2.17. The molecular weight excluding hydrogens is 292 g/mol. The SMILES string of the molecule is Cc1ncncc1C(=O)NCc1cccc(N2CCC(N)C2)n1. The van der Waals surface area contributed by atoms with Crippen LogP contribution in [0.5, 0.6) is 0 Å². The van der Waals surface area contributed by atoms with Crippen LogP contribution in [0.4, 0.5) is 5.82 Å². The number of anilines is 1. The van der Waals surface area contributed by atoms with Gasteiger partial charge in [-0.25, -0.2) is 15.0 Å². The lowest BCUT2D eigenvalue weighted by molar-refractivity contribution is 0.0949. The van der Waals surface area contributed by atoms with Gasteiger partial charge in [-0.15, -0.1) is 0 Å². The van der Waals surface area contributed by atoms with Gasteiger partial charge in [0.25, 0.3) is 5.91 Å². The van der Waals surface area contributed by atoms with Gasteiger partial charge in [0.2, 0.25) is 0 Å². The molecule has 0 aromatic carbocycles. The van der Waals surface area contributed by atoms with Gasteiger partial charge in [-0.3, -0.25) is 4.79 Å². The Hall–Kier alpha value is -2.54. The highest BCUT2D eigenvalue weighted by atomic mass is 16.1. The minimum Gasteiger partial charge on any atom is -0.355 e. The fraction of sp³-hybridized carbons (Fsp3) is 0.375. The summed E-state index contributed by atoms with van der Waals surface area (Å²) < 4.78 is 0. The second-order valence-electron chi connectivity index (χ2n) is 5.69. The van der Waals surface area contributed by atoms with Crippen LogP contribution in [0, 0.1) is 6.92 Å². The van der Waals surface area contributed by atoms with E-state index >= 15 is 0 Å². The number of aromatic nitrogens is 3. The van der Waals surface area contributed by atoms with Gasteiger partial charge in [0.15, 0.2) is 0 Å². The Morgan fingerprint density at radius 3 is 3.09 bits per heavy atom. The standard InChI is InChI=1S/C16H20N6O/c1-11-14(8-18-10-20-11)16(23)19-7-13-3-2-4-15(21-13)22-6-5-12(17)9-22/h2-4,8,10,12H,5-7,9,17H2,1H3,(H,19,23). The molecule has 0 bridgehead atoms. The molecule has 2 aromatic heterocycles. The fourth-order valence-corrected chi connectivity index (χ4v) is 2.62. The van der Waals surface area contributed by atoms with Crippen LogP contribution in [0.2, 0.25) is 0 Å². The molecule has 1 aliphatic heterocycles. The van der Waals surface area contributed by atoms with Crippen LogP contribution < -0.4 is 16.0 Å². The molecule has 3 heterocycles. The van der Waals surface area contributed by atoms with Gasteiger partial charge in [0, 0.05) is 25.3 Å². The average Bonchev–Trinajstić information content (AvgIpc) is 3.00. The summed E-state index contributed by atoms with van der Waals surface area (Å²) in [5.74, 6) is 0.711. The Bertz CT molecular complexity index is 704. The molecule has 1 unspecified atom stereocenters. The van der Waals surface area contributed by atoms with Crippen LogP contribution in [-0.2, 0) is 6.54 Å². The summed E-state index contributed by atoms with van der Waals surface area (Å²) in [6.07, 6.45) is 3.93. The summed E-state index contributed by atoms with van der Waals surface area (Å²) in [5, 5.41) is 2.86. The minimum absolute atomic E-state index is 0.196. The first-order valence-electron chi connectivity index (χ1n) is 7.65. The Labute approximate surface area is 135 Å². The van der Waals surface area contributed by atoms with Crippen LogP contribution in [0.15, 0.2) is 30.7 Å². The largest absolute Gasteiger partial charge is 0.355 e. The predicted molar refractivity (Wildman–Crippen MR) is 87.0 cm³/mol. The molecule has 120 valence electrons. The number of carbonyl (C=O) groups excluding carboxylic acids is 1. The molecule has 23 heavy (non-hydrogen) atoms. The Balaban J connectivity index is 1.64. The van der Waals surface area contributed by atoms with Crippen molar-refractivity contribution in [2.24, 2.45) is 5.73 Å². The number of carbonyl (C=O) groups is 1. The molecule has 1 atom stereocenters. The number of nitrogens with zero attached hydrogens (tertiary/aromatic N) is 4. The first kappa shape index (κ1) is 15.4. The molecule has 0 spiro atoms. The normalized spacial score (nSPS) is 17.3. The summed E-state index contributed by atoms with van der Waals surface area (Å²) in [6.45, 7) is 3.89. The Morgan fingerprint density at radius 1 is 1.48 bits per heavy atom. The van der Waals surface area contributed by atoms with E-state index in [0.717, 1.165) is 31.0 Å². The molecule has 7 nitrogen and oxygen atoms in total. The number of aryl methyl sites for hydroxylation is 1. The second-order valence-corrected chi connectivity index (χ2v) is 5.69. The quantitative estimate of drug-likeness (QED) is 0.860. The molecule has 1 amide bonds. The van der Waals surface area contributed by atoms with Crippen LogP contribution in [-0.4, -0.2) is 40.0 Å². The molecule has 1 fully saturated rings. The third kappa shape index (κ3) is 3.62. The second kappa shape index (κ2) is 6.70. The molecular formula is C16H20N6O.